The Morgan fingerprint density at radius 3 is 2.87 bits per heavy atom. The Morgan fingerprint density at radius 1 is 1.43 bits per heavy atom. The Balaban J connectivity index is 1.67. The zero-order chi connectivity index (χ0) is 16.6. The standard InChI is InChI=1S/C17H21N3O3/c1-11(12-6-5-7-13(10-12)20(22)23)18-19-16(21)15-14-8-3-4-9-17(14,15)2/h5-7,10,14-15H,3-4,8-9H2,1-2H3,(H,19,21)/b18-11-/t14-,15+,17-/m0/s1. The average molecular weight is 315 g/mol. The molecule has 3 rings (SSSR count). The molecule has 0 heterocycles. The number of nitro groups is 1. The summed E-state index contributed by atoms with van der Waals surface area (Å²) in [5.41, 5.74) is 4.02. The molecule has 122 valence electrons. The summed E-state index contributed by atoms with van der Waals surface area (Å²) >= 11 is 0. The first kappa shape index (κ1) is 15.6. The van der Waals surface area contributed by atoms with Gasteiger partial charge in [0, 0.05) is 23.6 Å². The minimum Gasteiger partial charge on any atom is -0.273 e. The van der Waals surface area contributed by atoms with Crippen LogP contribution < -0.4 is 5.43 Å². The monoisotopic (exact) mass is 315 g/mol. The molecule has 3 atom stereocenters. The number of rotatable bonds is 4. The SMILES string of the molecule is C/C(=N/NC(=O)[C@H]1[C@@H]2CCCC[C@@]21C)c1cccc([N+](=O)[O-])c1. The fraction of sp³-hybridized carbons (Fsp3) is 0.529. The predicted molar refractivity (Wildman–Crippen MR) is 87.0 cm³/mol. The molecule has 0 aromatic heterocycles. The van der Waals surface area contributed by atoms with Gasteiger partial charge in [0.2, 0.25) is 5.91 Å². The molecule has 1 N–H and O–H groups in total. The van der Waals surface area contributed by atoms with Crippen LogP contribution in [0.15, 0.2) is 29.4 Å². The lowest BCUT2D eigenvalue weighted by Gasteiger charge is -2.15. The summed E-state index contributed by atoms with van der Waals surface area (Å²) in [6.07, 6.45) is 4.65. The number of carbonyl (C=O) groups excluding carboxylic acids is 1. The number of nitrogens with zero attached hydrogens (tertiary/aromatic N) is 2. The maximum atomic E-state index is 12.4. The van der Waals surface area contributed by atoms with Gasteiger partial charge < -0.3 is 0 Å². The van der Waals surface area contributed by atoms with E-state index < -0.39 is 4.92 Å². The van der Waals surface area contributed by atoms with Crippen molar-refractivity contribution in [2.75, 3.05) is 0 Å². The van der Waals surface area contributed by atoms with Gasteiger partial charge in [-0.05, 0) is 31.1 Å². The van der Waals surface area contributed by atoms with Crippen LogP contribution >= 0.6 is 0 Å². The van der Waals surface area contributed by atoms with E-state index in [0.717, 1.165) is 12.8 Å². The van der Waals surface area contributed by atoms with Crippen LogP contribution in [0.2, 0.25) is 0 Å². The molecule has 0 unspecified atom stereocenters. The van der Waals surface area contributed by atoms with Gasteiger partial charge in [-0.1, -0.05) is 31.9 Å². The van der Waals surface area contributed by atoms with Crippen molar-refractivity contribution in [1.29, 1.82) is 0 Å². The zero-order valence-corrected chi connectivity index (χ0v) is 13.4. The van der Waals surface area contributed by atoms with Crippen LogP contribution in [0, 0.1) is 27.4 Å². The lowest BCUT2D eigenvalue weighted by Crippen LogP contribution is -2.23. The third kappa shape index (κ3) is 2.85. The molecule has 0 aliphatic heterocycles. The Labute approximate surface area is 135 Å². The van der Waals surface area contributed by atoms with Gasteiger partial charge in [0.25, 0.3) is 5.69 Å². The van der Waals surface area contributed by atoms with Crippen LogP contribution in [0.25, 0.3) is 0 Å². The molecule has 23 heavy (non-hydrogen) atoms. The number of nitro benzene ring substituents is 1. The van der Waals surface area contributed by atoms with Crippen molar-refractivity contribution in [3.05, 3.63) is 39.9 Å². The second-order valence-electron chi connectivity index (χ2n) is 6.82. The number of hydrazone groups is 1. The summed E-state index contributed by atoms with van der Waals surface area (Å²) in [5.74, 6) is 0.528. The van der Waals surface area contributed by atoms with E-state index in [0.29, 0.717) is 17.2 Å². The highest BCUT2D eigenvalue weighted by Crippen LogP contribution is 2.66. The lowest BCUT2D eigenvalue weighted by atomic mass is 9.90. The molecule has 6 heteroatoms. The van der Waals surface area contributed by atoms with E-state index in [4.69, 9.17) is 0 Å². The van der Waals surface area contributed by atoms with Crippen LogP contribution in [-0.2, 0) is 4.79 Å². The molecule has 1 amide bonds. The number of carbonyl (C=O) groups is 1. The minimum atomic E-state index is -0.439. The van der Waals surface area contributed by atoms with Gasteiger partial charge in [0.05, 0.1) is 10.6 Å². The number of non-ortho nitro benzene ring substituents is 1. The van der Waals surface area contributed by atoms with E-state index in [1.807, 2.05) is 0 Å². The first-order valence-corrected chi connectivity index (χ1v) is 8.02. The number of hydrogen-bond donors (Lipinski definition) is 1. The smallest absolute Gasteiger partial charge is 0.270 e. The van der Waals surface area contributed by atoms with Crippen molar-refractivity contribution in [3.8, 4) is 0 Å². The third-order valence-electron chi connectivity index (χ3n) is 5.42. The van der Waals surface area contributed by atoms with E-state index in [-0.39, 0.29) is 22.9 Å². The molecular weight excluding hydrogens is 294 g/mol. The first-order valence-electron chi connectivity index (χ1n) is 8.02. The van der Waals surface area contributed by atoms with Crippen LogP contribution in [0.4, 0.5) is 5.69 Å². The van der Waals surface area contributed by atoms with Crippen molar-refractivity contribution >= 4 is 17.3 Å². The second-order valence-corrected chi connectivity index (χ2v) is 6.82. The first-order chi connectivity index (χ1) is 10.9. The van der Waals surface area contributed by atoms with Gasteiger partial charge in [0.1, 0.15) is 0 Å². The van der Waals surface area contributed by atoms with Crippen LogP contribution in [0.5, 0.6) is 0 Å². The van der Waals surface area contributed by atoms with E-state index >= 15 is 0 Å². The van der Waals surface area contributed by atoms with Gasteiger partial charge in [-0.25, -0.2) is 5.43 Å². The highest BCUT2D eigenvalue weighted by Gasteiger charge is 2.64. The number of fused-ring (bicyclic) bond motifs is 1. The van der Waals surface area contributed by atoms with Crippen molar-refractivity contribution < 1.29 is 9.72 Å². The number of nitrogens with one attached hydrogen (secondary N) is 1. The Bertz CT molecular complexity index is 685. The predicted octanol–water partition coefficient (Wildman–Crippen LogP) is 3.26. The topological polar surface area (TPSA) is 84.6 Å². The Hall–Kier alpha value is -2.24. The fourth-order valence-corrected chi connectivity index (χ4v) is 3.97. The third-order valence-corrected chi connectivity index (χ3v) is 5.42. The molecule has 2 aliphatic rings. The minimum absolute atomic E-state index is 0.0177. The maximum absolute atomic E-state index is 12.4. The van der Waals surface area contributed by atoms with Gasteiger partial charge >= 0.3 is 0 Å². The van der Waals surface area contributed by atoms with Crippen LogP contribution in [-0.4, -0.2) is 16.5 Å². The molecule has 0 saturated heterocycles. The van der Waals surface area contributed by atoms with Crippen molar-refractivity contribution in [1.82, 2.24) is 5.43 Å². The summed E-state index contributed by atoms with van der Waals surface area (Å²) in [6.45, 7) is 3.93. The van der Waals surface area contributed by atoms with E-state index in [1.165, 1.54) is 25.0 Å². The molecule has 2 fully saturated rings. The van der Waals surface area contributed by atoms with Crippen molar-refractivity contribution in [3.63, 3.8) is 0 Å². The molecule has 0 bridgehead atoms. The van der Waals surface area contributed by atoms with Crippen molar-refractivity contribution in [2.24, 2.45) is 22.4 Å². The van der Waals surface area contributed by atoms with E-state index in [9.17, 15) is 14.9 Å². The lowest BCUT2D eigenvalue weighted by molar-refractivity contribution is -0.384. The molecular formula is C17H21N3O3. The van der Waals surface area contributed by atoms with E-state index in [2.05, 4.69) is 17.5 Å². The summed E-state index contributed by atoms with van der Waals surface area (Å²) in [6, 6.07) is 6.26. The number of benzene rings is 1. The maximum Gasteiger partial charge on any atom is 0.270 e. The quantitative estimate of drug-likeness (QED) is 0.526. The highest BCUT2D eigenvalue weighted by molar-refractivity contribution is 6.00. The molecule has 2 saturated carbocycles. The van der Waals surface area contributed by atoms with Gasteiger partial charge in [-0.3, -0.25) is 14.9 Å². The summed E-state index contributed by atoms with van der Waals surface area (Å²) in [7, 11) is 0. The molecule has 0 radical (unpaired) electrons. The molecule has 1 aromatic rings. The Morgan fingerprint density at radius 2 is 2.22 bits per heavy atom. The van der Waals surface area contributed by atoms with Gasteiger partial charge in [0.15, 0.2) is 0 Å². The van der Waals surface area contributed by atoms with E-state index in [1.54, 1.807) is 19.1 Å². The zero-order valence-electron chi connectivity index (χ0n) is 13.4. The van der Waals surface area contributed by atoms with Gasteiger partial charge in [-0.15, -0.1) is 0 Å². The van der Waals surface area contributed by atoms with Crippen LogP contribution in [0.1, 0.15) is 45.1 Å². The second kappa shape index (κ2) is 5.76. The largest absolute Gasteiger partial charge is 0.273 e. The summed E-state index contributed by atoms with van der Waals surface area (Å²) in [5, 5.41) is 15.0. The highest BCUT2D eigenvalue weighted by atomic mass is 16.6. The Kier molecular flexibility index (Phi) is 3.92. The summed E-state index contributed by atoms with van der Waals surface area (Å²) in [4.78, 5) is 22.7. The molecule has 2 aliphatic carbocycles. The van der Waals surface area contributed by atoms with Gasteiger partial charge in [-0.2, -0.15) is 5.10 Å². The number of amides is 1. The number of hydrogen-bond acceptors (Lipinski definition) is 4. The van der Waals surface area contributed by atoms with Crippen LogP contribution in [0.3, 0.4) is 0 Å². The average Bonchev–Trinajstić information content (AvgIpc) is 3.18. The summed E-state index contributed by atoms with van der Waals surface area (Å²) < 4.78 is 0. The molecule has 1 aromatic carbocycles. The van der Waals surface area contributed by atoms with Crippen molar-refractivity contribution in [2.45, 2.75) is 39.5 Å². The normalized spacial score (nSPS) is 29.6. The molecule has 6 nitrogen and oxygen atoms in total. The molecule has 0 spiro atoms. The fourth-order valence-electron chi connectivity index (χ4n) is 3.97.